The molecule has 1 atom stereocenters. The highest BCUT2D eigenvalue weighted by Gasteiger charge is 2.39. The Morgan fingerprint density at radius 1 is 1.00 bits per heavy atom. The molecule has 1 fully saturated rings. The second-order valence-corrected chi connectivity index (χ2v) is 6.65. The van der Waals surface area contributed by atoms with Gasteiger partial charge in [-0.3, -0.25) is 19.7 Å². The lowest BCUT2D eigenvalue weighted by Gasteiger charge is -2.29. The Labute approximate surface area is 154 Å². The van der Waals surface area contributed by atoms with E-state index in [-0.39, 0.29) is 30.3 Å². The van der Waals surface area contributed by atoms with Crippen LogP contribution in [0.1, 0.15) is 40.8 Å². The van der Waals surface area contributed by atoms with Crippen LogP contribution in [0.5, 0.6) is 0 Å². The third kappa shape index (κ3) is 2.99. The number of nitrogens with one attached hydrogen (secondary N) is 1. The fourth-order valence-electron chi connectivity index (χ4n) is 3.66. The van der Waals surface area contributed by atoms with Crippen LogP contribution in [-0.2, 0) is 16.1 Å². The Morgan fingerprint density at radius 3 is 2.37 bits per heavy atom. The van der Waals surface area contributed by atoms with Crippen LogP contribution in [0, 0.1) is 0 Å². The lowest BCUT2D eigenvalue weighted by Crippen LogP contribution is -2.52. The number of halogens is 2. The smallest absolute Gasteiger partial charge is 0.263 e. The molecule has 0 radical (unpaired) electrons. The van der Waals surface area contributed by atoms with Crippen molar-refractivity contribution < 1.29 is 23.2 Å². The molecule has 27 heavy (non-hydrogen) atoms. The van der Waals surface area contributed by atoms with E-state index < -0.39 is 18.4 Å². The van der Waals surface area contributed by atoms with Crippen molar-refractivity contribution in [2.75, 3.05) is 0 Å². The van der Waals surface area contributed by atoms with Crippen LogP contribution in [0.3, 0.4) is 0 Å². The van der Waals surface area contributed by atoms with Crippen LogP contribution in [0.25, 0.3) is 11.1 Å². The minimum atomic E-state index is -2.54. The van der Waals surface area contributed by atoms with Crippen molar-refractivity contribution in [2.24, 2.45) is 0 Å². The molecule has 0 saturated carbocycles. The largest absolute Gasteiger partial charge is 0.322 e. The van der Waals surface area contributed by atoms with Crippen molar-refractivity contribution in [3.63, 3.8) is 0 Å². The fourth-order valence-corrected chi connectivity index (χ4v) is 3.66. The molecule has 4 rings (SSSR count). The van der Waals surface area contributed by atoms with Crippen LogP contribution in [0.2, 0.25) is 0 Å². The van der Waals surface area contributed by atoms with E-state index in [0.29, 0.717) is 12.0 Å². The van der Waals surface area contributed by atoms with Gasteiger partial charge in [-0.05, 0) is 29.2 Å². The summed E-state index contributed by atoms with van der Waals surface area (Å²) < 4.78 is 25.6. The van der Waals surface area contributed by atoms with Crippen molar-refractivity contribution in [3.05, 3.63) is 59.2 Å². The molecule has 3 amide bonds. The number of alkyl halides is 2. The number of benzene rings is 2. The molecule has 7 heteroatoms. The first kappa shape index (κ1) is 17.3. The third-order valence-electron chi connectivity index (χ3n) is 5.06. The Bertz CT molecular complexity index is 941. The van der Waals surface area contributed by atoms with Gasteiger partial charge in [0.25, 0.3) is 12.3 Å². The average Bonchev–Trinajstić information content (AvgIpc) is 2.98. The lowest BCUT2D eigenvalue weighted by atomic mass is 9.96. The Morgan fingerprint density at radius 2 is 1.70 bits per heavy atom. The molecular weight excluding hydrogens is 354 g/mol. The number of rotatable bonds is 3. The van der Waals surface area contributed by atoms with Gasteiger partial charge in [0.05, 0.1) is 0 Å². The van der Waals surface area contributed by atoms with E-state index in [1.165, 1.54) is 17.0 Å². The second kappa shape index (κ2) is 6.57. The molecule has 0 bridgehead atoms. The van der Waals surface area contributed by atoms with Crippen molar-refractivity contribution in [3.8, 4) is 11.1 Å². The molecule has 5 nitrogen and oxygen atoms in total. The van der Waals surface area contributed by atoms with E-state index in [9.17, 15) is 23.2 Å². The van der Waals surface area contributed by atoms with Gasteiger partial charge in [-0.15, -0.1) is 0 Å². The first-order valence-electron chi connectivity index (χ1n) is 8.60. The first-order valence-corrected chi connectivity index (χ1v) is 8.60. The van der Waals surface area contributed by atoms with Crippen LogP contribution in [0.15, 0.2) is 42.5 Å². The standard InChI is InChI=1S/C20H16F2N2O3/c21-18(22)12-6-4-11(5-7-12)13-2-1-3-14-15(13)10-24(20(14)27)16-8-9-17(25)23-19(16)26/h1-7,16,18H,8-10H2,(H,23,25,26). The lowest BCUT2D eigenvalue weighted by molar-refractivity contribution is -0.136. The van der Waals surface area contributed by atoms with E-state index in [2.05, 4.69) is 5.32 Å². The monoisotopic (exact) mass is 370 g/mol. The van der Waals surface area contributed by atoms with Gasteiger partial charge in [0.1, 0.15) is 6.04 Å². The maximum Gasteiger partial charge on any atom is 0.263 e. The molecule has 2 aromatic rings. The number of carbonyl (C=O) groups is 3. The van der Waals surface area contributed by atoms with Crippen molar-refractivity contribution in [2.45, 2.75) is 31.9 Å². The van der Waals surface area contributed by atoms with Crippen LogP contribution in [-0.4, -0.2) is 28.7 Å². The maximum atomic E-state index is 12.8. The SMILES string of the molecule is O=C1CCC(N2Cc3c(cccc3-c3ccc(C(F)F)cc3)C2=O)C(=O)N1. The number of carbonyl (C=O) groups excluding carboxylic acids is 3. The van der Waals surface area contributed by atoms with Gasteiger partial charge in [-0.1, -0.05) is 36.4 Å². The van der Waals surface area contributed by atoms with Gasteiger partial charge in [0, 0.05) is 24.1 Å². The zero-order chi connectivity index (χ0) is 19.1. The quantitative estimate of drug-likeness (QED) is 0.845. The van der Waals surface area contributed by atoms with Gasteiger partial charge >= 0.3 is 0 Å². The van der Waals surface area contributed by atoms with Crippen molar-refractivity contribution >= 4 is 17.7 Å². The summed E-state index contributed by atoms with van der Waals surface area (Å²) >= 11 is 0. The molecule has 1 N–H and O–H groups in total. The maximum absolute atomic E-state index is 12.8. The summed E-state index contributed by atoms with van der Waals surface area (Å²) in [4.78, 5) is 37.8. The zero-order valence-corrected chi connectivity index (χ0v) is 14.2. The summed E-state index contributed by atoms with van der Waals surface area (Å²) in [6, 6.07) is 10.5. The molecule has 0 aliphatic carbocycles. The number of hydrogen-bond acceptors (Lipinski definition) is 3. The van der Waals surface area contributed by atoms with Gasteiger partial charge in [-0.25, -0.2) is 8.78 Å². The number of hydrogen-bond donors (Lipinski definition) is 1. The zero-order valence-electron chi connectivity index (χ0n) is 14.2. The minimum Gasteiger partial charge on any atom is -0.322 e. The normalized spacial score (nSPS) is 19.4. The molecule has 138 valence electrons. The molecule has 1 saturated heterocycles. The number of fused-ring (bicyclic) bond motifs is 1. The van der Waals surface area contributed by atoms with Gasteiger partial charge in [0.15, 0.2) is 0 Å². The predicted molar refractivity (Wildman–Crippen MR) is 92.9 cm³/mol. The molecule has 0 spiro atoms. The van der Waals surface area contributed by atoms with Gasteiger partial charge in [-0.2, -0.15) is 0 Å². The third-order valence-corrected chi connectivity index (χ3v) is 5.06. The Kier molecular flexibility index (Phi) is 4.22. The number of piperidine rings is 1. The van der Waals surface area contributed by atoms with Gasteiger partial charge in [0.2, 0.25) is 11.8 Å². The van der Waals surface area contributed by atoms with Crippen molar-refractivity contribution in [1.82, 2.24) is 10.2 Å². The van der Waals surface area contributed by atoms with E-state index in [4.69, 9.17) is 0 Å². The van der Waals surface area contributed by atoms with Crippen LogP contribution < -0.4 is 5.32 Å². The summed E-state index contributed by atoms with van der Waals surface area (Å²) in [5, 5.41) is 2.27. The summed E-state index contributed by atoms with van der Waals surface area (Å²) in [5.41, 5.74) is 2.70. The second-order valence-electron chi connectivity index (χ2n) is 6.65. The first-order chi connectivity index (χ1) is 13.0. The Balaban J connectivity index is 1.67. The number of nitrogens with zero attached hydrogens (tertiary/aromatic N) is 1. The molecule has 0 aromatic heterocycles. The molecule has 2 heterocycles. The summed E-state index contributed by atoms with van der Waals surface area (Å²) in [7, 11) is 0. The fraction of sp³-hybridized carbons (Fsp3) is 0.250. The number of amides is 3. The summed E-state index contributed by atoms with van der Waals surface area (Å²) in [6.07, 6.45) is -2.05. The average molecular weight is 370 g/mol. The predicted octanol–water partition coefficient (Wildman–Crippen LogP) is 3.05. The van der Waals surface area contributed by atoms with Crippen LogP contribution in [0.4, 0.5) is 8.78 Å². The topological polar surface area (TPSA) is 66.5 Å². The van der Waals surface area contributed by atoms with E-state index >= 15 is 0 Å². The highest BCUT2D eigenvalue weighted by molar-refractivity contribution is 6.06. The molecule has 2 aliphatic heterocycles. The van der Waals surface area contributed by atoms with E-state index in [0.717, 1.165) is 16.7 Å². The molecule has 2 aromatic carbocycles. The van der Waals surface area contributed by atoms with E-state index in [1.807, 2.05) is 6.07 Å². The molecular formula is C20H16F2N2O3. The number of imide groups is 1. The highest BCUT2D eigenvalue weighted by Crippen LogP contribution is 2.35. The minimum absolute atomic E-state index is 0.0624. The molecule has 1 unspecified atom stereocenters. The molecule has 2 aliphatic rings. The Hall–Kier alpha value is -3.09. The summed E-state index contributed by atoms with van der Waals surface area (Å²) in [5.74, 6) is -1.05. The summed E-state index contributed by atoms with van der Waals surface area (Å²) in [6.45, 7) is 0.243. The van der Waals surface area contributed by atoms with Crippen LogP contribution >= 0.6 is 0 Å². The highest BCUT2D eigenvalue weighted by atomic mass is 19.3. The van der Waals surface area contributed by atoms with E-state index in [1.54, 1.807) is 24.3 Å². The van der Waals surface area contributed by atoms with Gasteiger partial charge < -0.3 is 4.90 Å². The van der Waals surface area contributed by atoms with Crippen molar-refractivity contribution in [1.29, 1.82) is 0 Å².